The van der Waals surface area contributed by atoms with E-state index in [0.29, 0.717) is 5.69 Å². The molecule has 1 aromatic heterocycles. The number of aromatic nitrogens is 2. The highest BCUT2D eigenvalue weighted by atomic mass is 15.3. The number of nitrogens with zero attached hydrogens (tertiary/aromatic N) is 4. The third kappa shape index (κ3) is 2.41. The van der Waals surface area contributed by atoms with Crippen molar-refractivity contribution in [2.75, 3.05) is 0 Å². The summed E-state index contributed by atoms with van der Waals surface area (Å²) < 4.78 is 1.80. The minimum absolute atomic E-state index is 0.0674. The Kier molecular flexibility index (Phi) is 2.42. The summed E-state index contributed by atoms with van der Waals surface area (Å²) in [7, 11) is 1.87. The second kappa shape index (κ2) is 3.51. The molecular formula is C6H10N6. The summed E-state index contributed by atoms with van der Waals surface area (Å²) >= 11 is 0. The maximum atomic E-state index is 5.05. The number of nitrogens with two attached hydrogens (primary N) is 2. The Balaban J connectivity index is 2.64. The van der Waals surface area contributed by atoms with Gasteiger partial charge in [-0.1, -0.05) is 0 Å². The van der Waals surface area contributed by atoms with Crippen molar-refractivity contribution in [3.63, 3.8) is 0 Å². The normalized spacial score (nSPS) is 10.4. The molecule has 0 saturated heterocycles. The minimum Gasteiger partial charge on any atom is -0.369 e. The maximum absolute atomic E-state index is 5.05. The Morgan fingerprint density at radius 1 is 1.67 bits per heavy atom. The lowest BCUT2D eigenvalue weighted by Gasteiger charge is -1.82. The van der Waals surface area contributed by atoms with Gasteiger partial charge in [-0.15, -0.1) is 5.10 Å². The smallest absolute Gasteiger partial charge is 0.211 e. The van der Waals surface area contributed by atoms with Gasteiger partial charge in [-0.2, -0.15) is 5.10 Å². The molecule has 0 amide bonds. The Morgan fingerprint density at radius 3 is 2.92 bits per heavy atom. The third-order valence-corrected chi connectivity index (χ3v) is 1.09. The molecule has 0 saturated carbocycles. The zero-order valence-electron chi connectivity index (χ0n) is 6.68. The molecular weight excluding hydrogens is 156 g/mol. The molecule has 12 heavy (non-hydrogen) atoms. The second-order valence-corrected chi connectivity index (χ2v) is 2.23. The zero-order chi connectivity index (χ0) is 8.97. The fraction of sp³-hybridized carbons (Fsp3) is 0.167. The molecule has 0 aromatic carbocycles. The van der Waals surface area contributed by atoms with Gasteiger partial charge in [0.15, 0.2) is 0 Å². The minimum atomic E-state index is -0.0674. The molecule has 0 aliphatic rings. The van der Waals surface area contributed by atoms with Gasteiger partial charge in [0.1, 0.15) is 5.69 Å². The number of hydrogen-bond acceptors (Lipinski definition) is 3. The van der Waals surface area contributed by atoms with Crippen LogP contribution in [-0.4, -0.2) is 21.7 Å². The van der Waals surface area contributed by atoms with E-state index in [1.807, 2.05) is 7.05 Å². The molecule has 0 fully saturated rings. The molecule has 0 unspecified atom stereocenters. The van der Waals surface area contributed by atoms with Crippen LogP contribution in [-0.2, 0) is 7.05 Å². The summed E-state index contributed by atoms with van der Waals surface area (Å²) in [4.78, 5) is 3.98. The van der Waals surface area contributed by atoms with Gasteiger partial charge in [0.25, 0.3) is 0 Å². The lowest BCUT2D eigenvalue weighted by molar-refractivity contribution is 0.913. The van der Waals surface area contributed by atoms with Crippen molar-refractivity contribution in [1.82, 2.24) is 9.55 Å². The van der Waals surface area contributed by atoms with E-state index in [-0.39, 0.29) is 5.96 Å². The van der Waals surface area contributed by atoms with Gasteiger partial charge in [-0.25, -0.2) is 4.98 Å². The molecule has 0 aliphatic heterocycles. The molecule has 0 spiro atoms. The van der Waals surface area contributed by atoms with E-state index in [9.17, 15) is 0 Å². The van der Waals surface area contributed by atoms with Crippen LogP contribution in [0.15, 0.2) is 22.7 Å². The van der Waals surface area contributed by atoms with Gasteiger partial charge in [0.2, 0.25) is 5.96 Å². The molecule has 0 aliphatic carbocycles. The van der Waals surface area contributed by atoms with Gasteiger partial charge >= 0.3 is 0 Å². The Hall–Kier alpha value is -1.85. The Bertz CT molecular complexity index is 306. The standard InChI is InChI=1S/C6H10N6/c1-12-3-5(9-4-12)2-10-11-6(7)8/h2-4H,1H3,(H4,7,8,11)/b10-2+. The van der Waals surface area contributed by atoms with Gasteiger partial charge in [0.05, 0.1) is 12.5 Å². The third-order valence-electron chi connectivity index (χ3n) is 1.09. The van der Waals surface area contributed by atoms with Gasteiger partial charge in [-0.3, -0.25) is 0 Å². The molecule has 1 heterocycles. The van der Waals surface area contributed by atoms with Gasteiger partial charge < -0.3 is 16.0 Å². The molecule has 1 rings (SSSR count). The van der Waals surface area contributed by atoms with Crippen molar-refractivity contribution in [2.24, 2.45) is 28.7 Å². The predicted octanol–water partition coefficient (Wildman–Crippen LogP) is -0.973. The van der Waals surface area contributed by atoms with Crippen molar-refractivity contribution in [3.8, 4) is 0 Å². The highest BCUT2D eigenvalue weighted by Crippen LogP contribution is 1.88. The summed E-state index contributed by atoms with van der Waals surface area (Å²) in [5.74, 6) is -0.0674. The van der Waals surface area contributed by atoms with Crippen molar-refractivity contribution >= 4 is 12.2 Å². The first-order chi connectivity index (χ1) is 5.68. The Labute approximate surface area is 69.6 Å². The highest BCUT2D eigenvalue weighted by molar-refractivity contribution is 5.79. The topological polar surface area (TPSA) is 94.6 Å². The van der Waals surface area contributed by atoms with Crippen LogP contribution in [0.1, 0.15) is 5.69 Å². The van der Waals surface area contributed by atoms with Gasteiger partial charge in [-0.05, 0) is 0 Å². The lowest BCUT2D eigenvalue weighted by Crippen LogP contribution is -2.21. The summed E-state index contributed by atoms with van der Waals surface area (Å²) in [6.45, 7) is 0. The molecule has 0 radical (unpaired) electrons. The predicted molar refractivity (Wildman–Crippen MR) is 46.6 cm³/mol. The summed E-state index contributed by atoms with van der Waals surface area (Å²) in [6.07, 6.45) is 4.93. The van der Waals surface area contributed by atoms with Crippen LogP contribution in [0.4, 0.5) is 0 Å². The van der Waals surface area contributed by atoms with Crippen LogP contribution in [0.25, 0.3) is 0 Å². The van der Waals surface area contributed by atoms with Crippen LogP contribution >= 0.6 is 0 Å². The van der Waals surface area contributed by atoms with E-state index in [0.717, 1.165) is 0 Å². The second-order valence-electron chi connectivity index (χ2n) is 2.23. The van der Waals surface area contributed by atoms with Crippen LogP contribution in [0, 0.1) is 0 Å². The maximum Gasteiger partial charge on any atom is 0.211 e. The monoisotopic (exact) mass is 166 g/mol. The van der Waals surface area contributed by atoms with Crippen molar-refractivity contribution in [3.05, 3.63) is 18.2 Å². The number of aryl methyl sites for hydroxylation is 1. The van der Waals surface area contributed by atoms with E-state index >= 15 is 0 Å². The van der Waals surface area contributed by atoms with E-state index in [4.69, 9.17) is 11.5 Å². The fourth-order valence-corrected chi connectivity index (χ4v) is 0.654. The highest BCUT2D eigenvalue weighted by Gasteiger charge is 1.89. The SMILES string of the molecule is Cn1cnc(/C=N/N=C(N)N)c1. The average molecular weight is 166 g/mol. The first-order valence-electron chi connectivity index (χ1n) is 3.28. The van der Waals surface area contributed by atoms with Gasteiger partial charge in [0, 0.05) is 13.2 Å². The van der Waals surface area contributed by atoms with Crippen LogP contribution in [0.3, 0.4) is 0 Å². The van der Waals surface area contributed by atoms with Crippen LogP contribution < -0.4 is 11.5 Å². The first kappa shape index (κ1) is 8.25. The molecule has 64 valence electrons. The molecule has 1 aromatic rings. The largest absolute Gasteiger partial charge is 0.369 e. The first-order valence-corrected chi connectivity index (χ1v) is 3.28. The molecule has 0 bridgehead atoms. The summed E-state index contributed by atoms with van der Waals surface area (Å²) in [6, 6.07) is 0. The quantitative estimate of drug-likeness (QED) is 0.336. The number of rotatable bonds is 2. The molecule has 0 atom stereocenters. The van der Waals surface area contributed by atoms with Crippen molar-refractivity contribution < 1.29 is 0 Å². The van der Waals surface area contributed by atoms with Crippen molar-refractivity contribution in [1.29, 1.82) is 0 Å². The van der Waals surface area contributed by atoms with E-state index in [2.05, 4.69) is 15.2 Å². The van der Waals surface area contributed by atoms with E-state index in [1.54, 1.807) is 17.1 Å². The van der Waals surface area contributed by atoms with Crippen LogP contribution in [0.2, 0.25) is 0 Å². The Morgan fingerprint density at radius 2 is 2.42 bits per heavy atom. The molecule has 6 nitrogen and oxygen atoms in total. The number of imidazole rings is 1. The van der Waals surface area contributed by atoms with Crippen LogP contribution in [0.5, 0.6) is 0 Å². The number of hydrogen-bond donors (Lipinski definition) is 2. The lowest BCUT2D eigenvalue weighted by atomic mass is 10.5. The molecule has 6 heteroatoms. The molecule has 4 N–H and O–H groups in total. The summed E-state index contributed by atoms with van der Waals surface area (Å²) in [5, 5.41) is 7.01. The number of guanidine groups is 1. The average Bonchev–Trinajstić information content (AvgIpc) is 2.35. The van der Waals surface area contributed by atoms with E-state index in [1.165, 1.54) is 6.21 Å². The zero-order valence-corrected chi connectivity index (χ0v) is 6.68. The van der Waals surface area contributed by atoms with Crippen molar-refractivity contribution in [2.45, 2.75) is 0 Å². The summed E-state index contributed by atoms with van der Waals surface area (Å²) in [5.41, 5.74) is 10.8. The fourth-order valence-electron chi connectivity index (χ4n) is 0.654. The van der Waals surface area contributed by atoms with E-state index < -0.39 is 0 Å².